The summed E-state index contributed by atoms with van der Waals surface area (Å²) in [6.07, 6.45) is 2.84. The molecule has 1 saturated carbocycles. The molecule has 1 unspecified atom stereocenters. The first-order valence-corrected chi connectivity index (χ1v) is 9.10. The van der Waals surface area contributed by atoms with Crippen molar-refractivity contribution in [1.82, 2.24) is 0 Å². The Morgan fingerprint density at radius 2 is 2.04 bits per heavy atom. The van der Waals surface area contributed by atoms with Gasteiger partial charge in [-0.15, -0.1) is 0 Å². The number of esters is 1. The van der Waals surface area contributed by atoms with Crippen molar-refractivity contribution >= 4 is 17.4 Å². The maximum absolute atomic E-state index is 11.7. The minimum atomic E-state index is -0.397. The Bertz CT molecular complexity index is 859. The normalized spacial score (nSPS) is 17.9. The molecule has 0 radical (unpaired) electrons. The Balaban J connectivity index is 1.74. The third kappa shape index (κ3) is 4.56. The molecule has 3 rings (SSSR count). The Labute approximate surface area is 159 Å². The van der Waals surface area contributed by atoms with Crippen molar-refractivity contribution in [2.75, 3.05) is 12.3 Å². The Morgan fingerprint density at radius 1 is 1.26 bits per heavy atom. The number of nitrogens with two attached hydrogens (primary N) is 1. The number of hydrogen-bond acceptors (Lipinski definition) is 5. The number of anilines is 1. The van der Waals surface area contributed by atoms with Crippen molar-refractivity contribution in [2.24, 2.45) is 0 Å². The van der Waals surface area contributed by atoms with E-state index in [2.05, 4.69) is 0 Å². The molecule has 2 aromatic rings. The zero-order valence-corrected chi connectivity index (χ0v) is 15.4. The van der Waals surface area contributed by atoms with Gasteiger partial charge >= 0.3 is 5.97 Å². The largest absolute Gasteiger partial charge is 0.489 e. The average Bonchev–Trinajstić information content (AvgIpc) is 3.02. The van der Waals surface area contributed by atoms with Crippen LogP contribution < -0.4 is 10.5 Å². The minimum absolute atomic E-state index is 0.133. The molecule has 1 aliphatic rings. The van der Waals surface area contributed by atoms with Gasteiger partial charge < -0.3 is 20.6 Å². The summed E-state index contributed by atoms with van der Waals surface area (Å²) in [6, 6.07) is 15.5. The molecule has 0 bridgehead atoms. The van der Waals surface area contributed by atoms with Crippen LogP contribution in [0.2, 0.25) is 0 Å². The van der Waals surface area contributed by atoms with Crippen LogP contribution in [-0.2, 0) is 16.1 Å². The Hall–Kier alpha value is -3.08. The van der Waals surface area contributed by atoms with Crippen LogP contribution in [0.15, 0.2) is 60.2 Å². The second-order valence-electron chi connectivity index (χ2n) is 6.49. The number of nitrogens with one attached hydrogen (secondary N) is 1. The summed E-state index contributed by atoms with van der Waals surface area (Å²) in [5, 5.41) is 8.46. The summed E-state index contributed by atoms with van der Waals surface area (Å²) in [5.41, 5.74) is 9.91. The van der Waals surface area contributed by atoms with Gasteiger partial charge in [-0.05, 0) is 54.7 Å². The maximum Gasteiger partial charge on any atom is 0.331 e. The van der Waals surface area contributed by atoms with Crippen molar-refractivity contribution in [3.8, 4) is 5.75 Å². The van der Waals surface area contributed by atoms with E-state index in [0.29, 0.717) is 36.6 Å². The van der Waals surface area contributed by atoms with Crippen molar-refractivity contribution in [3.63, 3.8) is 0 Å². The molecule has 2 aromatic carbocycles. The van der Waals surface area contributed by atoms with E-state index in [9.17, 15) is 4.79 Å². The van der Waals surface area contributed by atoms with Gasteiger partial charge in [0, 0.05) is 23.4 Å². The SMILES string of the molecule is CCOC(=O)/C=C1\CCC(c2cc(OCc3ccccc3)ccc2N)C1=N. The second-order valence-corrected chi connectivity index (χ2v) is 6.49. The fourth-order valence-electron chi connectivity index (χ4n) is 3.28. The van der Waals surface area contributed by atoms with Crippen LogP contribution in [0.5, 0.6) is 5.75 Å². The molecule has 3 N–H and O–H groups in total. The summed E-state index contributed by atoms with van der Waals surface area (Å²) >= 11 is 0. The van der Waals surface area contributed by atoms with E-state index < -0.39 is 5.97 Å². The maximum atomic E-state index is 11.7. The van der Waals surface area contributed by atoms with Gasteiger partial charge in [-0.2, -0.15) is 0 Å². The number of carbonyl (C=O) groups excluding carboxylic acids is 1. The van der Waals surface area contributed by atoms with Crippen molar-refractivity contribution in [2.45, 2.75) is 32.3 Å². The number of carbonyl (C=O) groups is 1. The monoisotopic (exact) mass is 364 g/mol. The lowest BCUT2D eigenvalue weighted by molar-refractivity contribution is -0.137. The molecule has 27 heavy (non-hydrogen) atoms. The number of benzene rings is 2. The van der Waals surface area contributed by atoms with Crippen LogP contribution in [0.4, 0.5) is 5.69 Å². The number of ether oxygens (including phenoxy) is 2. The molecule has 0 aromatic heterocycles. The number of allylic oxidation sites excluding steroid dienone is 1. The first-order valence-electron chi connectivity index (χ1n) is 9.10. The molecule has 5 heteroatoms. The van der Waals surface area contributed by atoms with Crippen molar-refractivity contribution < 1.29 is 14.3 Å². The summed E-state index contributed by atoms with van der Waals surface area (Å²) in [6.45, 7) is 2.56. The highest BCUT2D eigenvalue weighted by Gasteiger charge is 2.29. The molecule has 1 fully saturated rings. The van der Waals surface area contributed by atoms with Gasteiger partial charge in [0.15, 0.2) is 0 Å². The second kappa shape index (κ2) is 8.54. The highest BCUT2D eigenvalue weighted by atomic mass is 16.5. The van der Waals surface area contributed by atoms with Crippen LogP contribution >= 0.6 is 0 Å². The highest BCUT2D eigenvalue weighted by Crippen LogP contribution is 2.39. The lowest BCUT2D eigenvalue weighted by atomic mass is 9.94. The lowest BCUT2D eigenvalue weighted by Crippen LogP contribution is -2.10. The third-order valence-corrected chi connectivity index (χ3v) is 4.66. The van der Waals surface area contributed by atoms with Gasteiger partial charge in [0.1, 0.15) is 12.4 Å². The predicted octanol–water partition coefficient (Wildman–Crippen LogP) is 4.23. The van der Waals surface area contributed by atoms with Crippen molar-refractivity contribution in [1.29, 1.82) is 5.41 Å². The van der Waals surface area contributed by atoms with Crippen LogP contribution in [0.1, 0.15) is 36.8 Å². The molecule has 1 atom stereocenters. The smallest absolute Gasteiger partial charge is 0.331 e. The fraction of sp³-hybridized carbons (Fsp3) is 0.273. The molecular formula is C22H24N2O3. The molecule has 0 amide bonds. The van der Waals surface area contributed by atoms with E-state index in [1.807, 2.05) is 48.5 Å². The third-order valence-electron chi connectivity index (χ3n) is 4.66. The Morgan fingerprint density at radius 3 is 2.78 bits per heavy atom. The molecule has 0 heterocycles. The van der Waals surface area contributed by atoms with Crippen LogP contribution in [0.3, 0.4) is 0 Å². The van der Waals surface area contributed by atoms with Gasteiger partial charge in [-0.25, -0.2) is 4.79 Å². The topological polar surface area (TPSA) is 85.4 Å². The summed E-state index contributed by atoms with van der Waals surface area (Å²) < 4.78 is 10.8. The standard InChI is InChI=1S/C22H24N2O3/c1-2-26-21(25)12-16-8-10-18(22(16)24)19-13-17(9-11-20(19)23)27-14-15-6-4-3-5-7-15/h3-7,9,11-13,18,24H,2,8,10,14,23H2,1H3/b16-12+,24-22?. The van der Waals surface area contributed by atoms with Crippen molar-refractivity contribution in [3.05, 3.63) is 71.3 Å². The highest BCUT2D eigenvalue weighted by molar-refractivity contribution is 6.08. The van der Waals surface area contributed by atoms with E-state index in [0.717, 1.165) is 23.3 Å². The zero-order valence-electron chi connectivity index (χ0n) is 15.4. The molecule has 1 aliphatic carbocycles. The van der Waals surface area contributed by atoms with E-state index in [4.69, 9.17) is 20.6 Å². The van der Waals surface area contributed by atoms with E-state index in [1.165, 1.54) is 6.08 Å². The number of hydrogen-bond donors (Lipinski definition) is 2. The zero-order chi connectivity index (χ0) is 19.2. The molecule has 140 valence electrons. The predicted molar refractivity (Wildman–Crippen MR) is 106 cm³/mol. The molecule has 5 nitrogen and oxygen atoms in total. The van der Waals surface area contributed by atoms with E-state index >= 15 is 0 Å². The number of rotatable bonds is 6. The average molecular weight is 364 g/mol. The summed E-state index contributed by atoms with van der Waals surface area (Å²) in [7, 11) is 0. The summed E-state index contributed by atoms with van der Waals surface area (Å²) in [5.74, 6) is 0.190. The molecular weight excluding hydrogens is 340 g/mol. The van der Waals surface area contributed by atoms with Gasteiger partial charge in [0.2, 0.25) is 0 Å². The van der Waals surface area contributed by atoms with Gasteiger partial charge in [0.25, 0.3) is 0 Å². The first kappa shape index (κ1) is 18.7. The molecule has 0 aliphatic heterocycles. The van der Waals surface area contributed by atoms with Crippen LogP contribution in [0, 0.1) is 5.41 Å². The first-order chi connectivity index (χ1) is 13.1. The lowest BCUT2D eigenvalue weighted by Gasteiger charge is -2.15. The molecule has 0 saturated heterocycles. The van der Waals surface area contributed by atoms with Gasteiger partial charge in [-0.1, -0.05) is 30.3 Å². The van der Waals surface area contributed by atoms with Gasteiger partial charge in [-0.3, -0.25) is 0 Å². The molecule has 0 spiro atoms. The number of nitrogen functional groups attached to an aromatic ring is 1. The fourth-order valence-corrected chi connectivity index (χ4v) is 3.28. The van der Waals surface area contributed by atoms with Crippen LogP contribution in [-0.4, -0.2) is 18.3 Å². The van der Waals surface area contributed by atoms with Gasteiger partial charge in [0.05, 0.1) is 6.61 Å². The summed E-state index contributed by atoms with van der Waals surface area (Å²) in [4.78, 5) is 11.7. The Kier molecular flexibility index (Phi) is 5.91. The minimum Gasteiger partial charge on any atom is -0.489 e. The van der Waals surface area contributed by atoms with E-state index in [1.54, 1.807) is 6.92 Å². The quantitative estimate of drug-likeness (QED) is 0.456. The van der Waals surface area contributed by atoms with E-state index in [-0.39, 0.29) is 5.92 Å². The van der Waals surface area contributed by atoms with Crippen LogP contribution in [0.25, 0.3) is 0 Å².